The number of carboxylic acids is 1. The smallest absolute Gasteiger partial charge is 0.481 e. The quantitative estimate of drug-likeness (QED) is 0.360. The number of nitrogens with zero attached hydrogens (tertiary/aromatic N) is 1. The zero-order valence-electron chi connectivity index (χ0n) is 17.5. The minimum atomic E-state index is -0.833. The number of carbonyl (C=O) groups excluding carboxylic acids is 1. The Kier molecular flexibility index (Phi) is 9.87. The molecule has 4 rings (SSSR count). The van der Waals surface area contributed by atoms with Gasteiger partial charge in [-0.3, -0.25) is 14.6 Å². The molecule has 8 heteroatoms. The van der Waals surface area contributed by atoms with Gasteiger partial charge in [0.25, 0.3) is 11.9 Å². The van der Waals surface area contributed by atoms with E-state index in [1.54, 1.807) is 42.5 Å². The minimum Gasteiger partial charge on any atom is -0.481 e. The second-order valence-corrected chi connectivity index (χ2v) is 7.39. The van der Waals surface area contributed by atoms with Crippen LogP contribution in [0, 0.1) is 11.9 Å². The number of hydrogen-bond donors (Lipinski definition) is 2. The van der Waals surface area contributed by atoms with Gasteiger partial charge in [0.15, 0.2) is 5.17 Å². The first-order valence-electron chi connectivity index (χ1n) is 9.22. The second kappa shape index (κ2) is 12.4. The van der Waals surface area contributed by atoms with Gasteiger partial charge in [-0.05, 0) is 40.7 Å². The van der Waals surface area contributed by atoms with E-state index in [0.29, 0.717) is 21.2 Å². The summed E-state index contributed by atoms with van der Waals surface area (Å²) in [5.74, 6) is -1.40. The summed E-state index contributed by atoms with van der Waals surface area (Å²) >= 11 is 1.23. The van der Waals surface area contributed by atoms with Crippen LogP contribution in [0.5, 0.6) is 0 Å². The zero-order chi connectivity index (χ0) is 22.2. The summed E-state index contributed by atoms with van der Waals surface area (Å²) < 4.78 is 14.5. The molecule has 5 nitrogen and oxygen atoms in total. The van der Waals surface area contributed by atoms with Crippen molar-refractivity contribution in [2.75, 3.05) is 0 Å². The number of amides is 1. The van der Waals surface area contributed by atoms with Gasteiger partial charge in [0.2, 0.25) is 0 Å². The van der Waals surface area contributed by atoms with Crippen LogP contribution in [0.2, 0.25) is 0 Å². The predicted molar refractivity (Wildman–Crippen MR) is 121 cm³/mol. The normalized spacial score (nSPS) is 14.9. The molecule has 0 spiro atoms. The van der Waals surface area contributed by atoms with Crippen molar-refractivity contribution in [3.63, 3.8) is 0 Å². The molecule has 0 unspecified atom stereocenters. The third-order valence-corrected chi connectivity index (χ3v) is 4.87. The first-order chi connectivity index (χ1) is 14.9. The van der Waals surface area contributed by atoms with E-state index in [1.807, 2.05) is 30.3 Å². The van der Waals surface area contributed by atoms with Gasteiger partial charge in [0.05, 0.1) is 4.91 Å². The molecule has 0 radical (unpaired) electrons. The van der Waals surface area contributed by atoms with Crippen LogP contribution >= 0.6 is 11.8 Å². The van der Waals surface area contributed by atoms with Gasteiger partial charge < -0.3 is 10.4 Å². The van der Waals surface area contributed by atoms with Crippen molar-refractivity contribution < 1.29 is 48.6 Å². The van der Waals surface area contributed by atoms with E-state index in [1.165, 1.54) is 17.8 Å². The Balaban J connectivity index is 0.000000672. The first-order valence-corrected chi connectivity index (χ1v) is 10.0. The summed E-state index contributed by atoms with van der Waals surface area (Å²) in [7, 11) is 0. The Hall–Kier alpha value is -2.71. The SMILES string of the molecule is CC(=O)O.O=C1NC(=Nc2cc[c-]cc2)S/C1=C/c1ccc(-c2ccccc2)c(F)c1.[Na+]. The maximum absolute atomic E-state index is 14.5. The molecule has 0 aliphatic carbocycles. The van der Waals surface area contributed by atoms with Crippen molar-refractivity contribution in [2.24, 2.45) is 4.99 Å². The number of nitrogens with one attached hydrogen (secondary N) is 1. The average molecular weight is 456 g/mol. The van der Waals surface area contributed by atoms with E-state index < -0.39 is 5.97 Å². The van der Waals surface area contributed by atoms with Gasteiger partial charge in [0, 0.05) is 12.5 Å². The molecule has 3 aromatic carbocycles. The topological polar surface area (TPSA) is 78.8 Å². The van der Waals surface area contributed by atoms with Crippen molar-refractivity contribution in [1.29, 1.82) is 0 Å². The van der Waals surface area contributed by atoms with Gasteiger partial charge in [-0.25, -0.2) is 4.39 Å². The fourth-order valence-corrected chi connectivity index (χ4v) is 3.52. The number of benzene rings is 3. The van der Waals surface area contributed by atoms with Crippen molar-refractivity contribution >= 4 is 40.6 Å². The van der Waals surface area contributed by atoms with Crippen molar-refractivity contribution in [1.82, 2.24) is 5.32 Å². The molecule has 0 aromatic heterocycles. The number of amidine groups is 1. The number of aliphatic imine (C=N–C) groups is 1. The molecular formula is C24H18FN2NaO3S. The summed E-state index contributed by atoms with van der Waals surface area (Å²) in [6.07, 6.45) is 1.67. The summed E-state index contributed by atoms with van der Waals surface area (Å²) in [5, 5.41) is 10.6. The summed E-state index contributed by atoms with van der Waals surface area (Å²) in [4.78, 5) is 26.0. The number of carboxylic acid groups (broad SMARTS) is 1. The molecule has 2 N–H and O–H groups in total. The fraction of sp³-hybridized carbons (Fsp3) is 0.0417. The third kappa shape index (κ3) is 7.46. The molecule has 0 atom stereocenters. The third-order valence-electron chi connectivity index (χ3n) is 3.96. The van der Waals surface area contributed by atoms with Crippen molar-refractivity contribution in [2.45, 2.75) is 6.92 Å². The molecular weight excluding hydrogens is 438 g/mol. The largest absolute Gasteiger partial charge is 1.00 e. The Bertz CT molecular complexity index is 1150. The van der Waals surface area contributed by atoms with E-state index in [-0.39, 0.29) is 41.3 Å². The molecule has 1 fully saturated rings. The van der Waals surface area contributed by atoms with Gasteiger partial charge in [-0.1, -0.05) is 42.5 Å². The monoisotopic (exact) mass is 456 g/mol. The van der Waals surface area contributed by atoms with Crippen LogP contribution in [0.15, 0.2) is 82.7 Å². The van der Waals surface area contributed by atoms with E-state index in [0.717, 1.165) is 18.2 Å². The maximum Gasteiger partial charge on any atom is 1.00 e. The second-order valence-electron chi connectivity index (χ2n) is 6.36. The molecule has 1 saturated heterocycles. The number of halogens is 1. The van der Waals surface area contributed by atoms with Crippen LogP contribution in [0.3, 0.4) is 0 Å². The van der Waals surface area contributed by atoms with Crippen LogP contribution in [0.4, 0.5) is 10.1 Å². The molecule has 1 amide bonds. The maximum atomic E-state index is 14.5. The molecule has 1 aliphatic heterocycles. The molecule has 0 saturated carbocycles. The van der Waals surface area contributed by atoms with Crippen molar-refractivity contribution in [3.05, 3.63) is 95.1 Å². The van der Waals surface area contributed by atoms with Crippen LogP contribution in [-0.2, 0) is 9.59 Å². The van der Waals surface area contributed by atoms with Crippen LogP contribution in [0.1, 0.15) is 12.5 Å². The predicted octanol–water partition coefficient (Wildman–Crippen LogP) is 2.28. The number of aliphatic carboxylic acids is 1. The van der Waals surface area contributed by atoms with Gasteiger partial charge >= 0.3 is 29.6 Å². The van der Waals surface area contributed by atoms with Crippen molar-refractivity contribution in [3.8, 4) is 11.1 Å². The van der Waals surface area contributed by atoms with E-state index in [9.17, 15) is 9.18 Å². The molecule has 1 heterocycles. The fourth-order valence-electron chi connectivity index (χ4n) is 2.67. The number of hydrogen-bond acceptors (Lipinski definition) is 4. The summed E-state index contributed by atoms with van der Waals surface area (Å²) in [6.45, 7) is 1.08. The van der Waals surface area contributed by atoms with E-state index in [2.05, 4.69) is 16.4 Å². The van der Waals surface area contributed by atoms with Crippen LogP contribution in [-0.4, -0.2) is 22.2 Å². The minimum absolute atomic E-state index is 0. The standard InChI is InChI=1S/C22H14FN2OS.C2H4O2.Na/c23-19-13-15(11-12-18(19)16-7-3-1-4-8-16)14-20-21(26)25-22(27-20)24-17-9-5-2-6-10-17;1-2(3)4;/h1,3-14H,(H,24,25,26);1H3,(H,3,4);/q-1;;+1/b20-14+;;. The zero-order valence-corrected chi connectivity index (χ0v) is 20.3. The van der Waals surface area contributed by atoms with Crippen LogP contribution in [0.25, 0.3) is 17.2 Å². The Labute approximate surface area is 211 Å². The van der Waals surface area contributed by atoms with E-state index in [4.69, 9.17) is 9.90 Å². The molecule has 156 valence electrons. The number of rotatable bonds is 3. The Morgan fingerprint density at radius 1 is 1.12 bits per heavy atom. The summed E-state index contributed by atoms with van der Waals surface area (Å²) in [5.41, 5.74) is 2.71. The summed E-state index contributed by atoms with van der Waals surface area (Å²) in [6, 6.07) is 24.4. The molecule has 1 aliphatic rings. The molecule has 3 aromatic rings. The molecule has 0 bridgehead atoms. The van der Waals surface area contributed by atoms with Gasteiger partial charge in [-0.2, -0.15) is 18.2 Å². The average Bonchev–Trinajstić information content (AvgIpc) is 3.07. The molecule has 32 heavy (non-hydrogen) atoms. The van der Waals surface area contributed by atoms with Gasteiger partial charge in [-0.15, -0.1) is 12.1 Å². The first kappa shape index (κ1) is 25.5. The van der Waals surface area contributed by atoms with Crippen LogP contribution < -0.4 is 34.9 Å². The van der Waals surface area contributed by atoms with Gasteiger partial charge in [0.1, 0.15) is 5.82 Å². The Morgan fingerprint density at radius 2 is 1.78 bits per heavy atom. The number of carbonyl (C=O) groups is 2. The number of thioether (sulfide) groups is 1. The Morgan fingerprint density at radius 3 is 2.41 bits per heavy atom. The van der Waals surface area contributed by atoms with E-state index >= 15 is 0 Å².